The maximum atomic E-state index is 11.9. The second kappa shape index (κ2) is 6.89. The number of urea groups is 1. The van der Waals surface area contributed by atoms with E-state index in [1.807, 2.05) is 0 Å². The number of carboxylic acid groups (broad SMARTS) is 1. The average Bonchev–Trinajstić information content (AvgIpc) is 2.42. The van der Waals surface area contributed by atoms with Gasteiger partial charge in [0, 0.05) is 12.1 Å². The third kappa shape index (κ3) is 4.90. The largest absolute Gasteiger partial charge is 0.480 e. The molecule has 0 radical (unpaired) electrons. The Balaban J connectivity index is 3.03. The number of anilines is 1. The molecule has 0 fully saturated rings. The summed E-state index contributed by atoms with van der Waals surface area (Å²) in [6.07, 6.45) is 0. The minimum atomic E-state index is -1.26. The molecule has 0 spiro atoms. The lowest BCUT2D eigenvalue weighted by Crippen LogP contribution is -2.50. The van der Waals surface area contributed by atoms with Crippen molar-refractivity contribution >= 4 is 29.1 Å². The molecule has 0 saturated heterocycles. The molecule has 2 amide bonds. The number of hydrogen-bond acceptors (Lipinski definition) is 6. The Labute approximate surface area is 136 Å². The van der Waals surface area contributed by atoms with Gasteiger partial charge in [0.15, 0.2) is 0 Å². The van der Waals surface area contributed by atoms with E-state index >= 15 is 0 Å². The van der Waals surface area contributed by atoms with Gasteiger partial charge in [-0.1, -0.05) is 20.8 Å². The minimum absolute atomic E-state index is 0.202. The summed E-state index contributed by atoms with van der Waals surface area (Å²) < 4.78 is 0. The predicted octanol–water partition coefficient (Wildman–Crippen LogP) is 2.12. The maximum Gasteiger partial charge on any atom is 0.326 e. The van der Waals surface area contributed by atoms with Crippen molar-refractivity contribution in [1.29, 1.82) is 0 Å². The second-order valence-corrected chi connectivity index (χ2v) is 5.99. The van der Waals surface area contributed by atoms with Crippen molar-refractivity contribution in [3.05, 3.63) is 38.4 Å². The molecule has 11 nitrogen and oxygen atoms in total. The monoisotopic (exact) mass is 340 g/mol. The number of non-ortho nitro benzene ring substituents is 2. The molecule has 0 unspecified atom stereocenters. The third-order valence-electron chi connectivity index (χ3n) is 2.97. The van der Waals surface area contributed by atoms with Crippen LogP contribution in [-0.2, 0) is 4.79 Å². The van der Waals surface area contributed by atoms with Gasteiger partial charge >= 0.3 is 12.0 Å². The van der Waals surface area contributed by atoms with Gasteiger partial charge < -0.3 is 15.7 Å². The van der Waals surface area contributed by atoms with Crippen molar-refractivity contribution in [2.75, 3.05) is 5.32 Å². The van der Waals surface area contributed by atoms with Gasteiger partial charge in [-0.25, -0.2) is 9.59 Å². The molecule has 24 heavy (non-hydrogen) atoms. The van der Waals surface area contributed by atoms with Crippen LogP contribution in [0.1, 0.15) is 20.8 Å². The fraction of sp³-hybridized carbons (Fsp3) is 0.385. The fourth-order valence-corrected chi connectivity index (χ4v) is 1.83. The first-order valence-corrected chi connectivity index (χ1v) is 6.66. The Morgan fingerprint density at radius 1 is 1.08 bits per heavy atom. The average molecular weight is 340 g/mol. The van der Waals surface area contributed by atoms with Crippen LogP contribution in [0.2, 0.25) is 0 Å². The number of carbonyl (C=O) groups excluding carboxylic acids is 1. The van der Waals surface area contributed by atoms with Gasteiger partial charge in [-0.3, -0.25) is 20.2 Å². The first-order chi connectivity index (χ1) is 10.9. The molecule has 11 heteroatoms. The first-order valence-electron chi connectivity index (χ1n) is 6.66. The molecule has 0 aromatic heterocycles. The number of aliphatic carboxylic acids is 1. The number of benzene rings is 1. The van der Waals surface area contributed by atoms with E-state index in [2.05, 4.69) is 10.6 Å². The number of nitrogens with zero attached hydrogens (tertiary/aromatic N) is 2. The number of nitro benzene ring substituents is 2. The van der Waals surface area contributed by atoms with Crippen LogP contribution in [0.5, 0.6) is 0 Å². The molecule has 0 bridgehead atoms. The molecule has 0 aliphatic carbocycles. The Kier molecular flexibility index (Phi) is 5.40. The van der Waals surface area contributed by atoms with E-state index in [0.717, 1.165) is 18.2 Å². The Bertz CT molecular complexity index is 664. The van der Waals surface area contributed by atoms with Crippen LogP contribution in [0.3, 0.4) is 0 Å². The van der Waals surface area contributed by atoms with Gasteiger partial charge in [0.05, 0.1) is 21.6 Å². The van der Waals surface area contributed by atoms with Crippen LogP contribution in [0.15, 0.2) is 18.2 Å². The SMILES string of the molecule is CC(C)(C)[C@H](NC(=O)Nc1cc([N+](=O)[O-])cc([N+](=O)[O-])c1)C(=O)O. The van der Waals surface area contributed by atoms with E-state index in [0.29, 0.717) is 0 Å². The van der Waals surface area contributed by atoms with E-state index in [1.165, 1.54) is 0 Å². The summed E-state index contributed by atoms with van der Waals surface area (Å²) in [6.45, 7) is 4.80. The highest BCUT2D eigenvalue weighted by molar-refractivity contribution is 5.93. The highest BCUT2D eigenvalue weighted by atomic mass is 16.6. The van der Waals surface area contributed by atoms with Crippen molar-refractivity contribution in [2.45, 2.75) is 26.8 Å². The van der Waals surface area contributed by atoms with Gasteiger partial charge in [0.25, 0.3) is 11.4 Å². The predicted molar refractivity (Wildman–Crippen MR) is 82.8 cm³/mol. The van der Waals surface area contributed by atoms with Crippen LogP contribution in [0.4, 0.5) is 21.9 Å². The summed E-state index contributed by atoms with van der Waals surface area (Å²) in [5.41, 5.74) is -2.15. The minimum Gasteiger partial charge on any atom is -0.480 e. The molecule has 0 heterocycles. The number of nitrogens with one attached hydrogen (secondary N) is 2. The topological polar surface area (TPSA) is 165 Å². The van der Waals surface area contributed by atoms with Crippen LogP contribution in [-0.4, -0.2) is 33.0 Å². The number of nitro groups is 2. The Hall–Kier alpha value is -3.24. The van der Waals surface area contributed by atoms with Crippen molar-refractivity contribution in [1.82, 2.24) is 5.32 Å². The summed E-state index contributed by atoms with van der Waals surface area (Å²) in [5.74, 6) is -1.26. The second-order valence-electron chi connectivity index (χ2n) is 5.99. The number of carbonyl (C=O) groups is 2. The lowest BCUT2D eigenvalue weighted by atomic mass is 9.87. The lowest BCUT2D eigenvalue weighted by molar-refractivity contribution is -0.394. The van der Waals surface area contributed by atoms with Crippen molar-refractivity contribution in [3.63, 3.8) is 0 Å². The van der Waals surface area contributed by atoms with E-state index in [4.69, 9.17) is 5.11 Å². The molecule has 3 N–H and O–H groups in total. The van der Waals surface area contributed by atoms with E-state index in [1.54, 1.807) is 20.8 Å². The third-order valence-corrected chi connectivity index (χ3v) is 2.97. The molecule has 130 valence electrons. The zero-order valence-electron chi connectivity index (χ0n) is 13.1. The van der Waals surface area contributed by atoms with Gasteiger partial charge in [0.2, 0.25) is 0 Å². The normalized spacial score (nSPS) is 12.1. The van der Waals surface area contributed by atoms with Crippen molar-refractivity contribution in [2.24, 2.45) is 5.41 Å². The molecule has 0 saturated carbocycles. The fourth-order valence-electron chi connectivity index (χ4n) is 1.83. The van der Waals surface area contributed by atoms with Gasteiger partial charge in [0.1, 0.15) is 6.04 Å². The van der Waals surface area contributed by atoms with Crippen molar-refractivity contribution < 1.29 is 24.5 Å². The summed E-state index contributed by atoms with van der Waals surface area (Å²) in [5, 5.41) is 35.1. The zero-order valence-corrected chi connectivity index (χ0v) is 13.1. The van der Waals surface area contributed by atoms with Gasteiger partial charge in [-0.05, 0) is 5.41 Å². The van der Waals surface area contributed by atoms with Crippen LogP contribution >= 0.6 is 0 Å². The summed E-state index contributed by atoms with van der Waals surface area (Å²) in [4.78, 5) is 43.0. The van der Waals surface area contributed by atoms with Gasteiger partial charge in [-0.2, -0.15) is 0 Å². The van der Waals surface area contributed by atoms with E-state index in [-0.39, 0.29) is 5.69 Å². The highest BCUT2D eigenvalue weighted by Gasteiger charge is 2.32. The number of rotatable bonds is 5. The molecular formula is C13H16N4O7. The first kappa shape index (κ1) is 18.8. The standard InChI is InChI=1S/C13H16N4O7/c1-13(2,3)10(11(18)19)15-12(20)14-7-4-8(16(21)22)6-9(5-7)17(23)24/h4-6,10H,1-3H3,(H,18,19)(H2,14,15,20)/t10-/m1/s1. The van der Waals surface area contributed by atoms with Gasteiger partial charge in [-0.15, -0.1) is 0 Å². The molecule has 1 atom stereocenters. The highest BCUT2D eigenvalue weighted by Crippen LogP contribution is 2.26. The molecule has 0 aliphatic rings. The summed E-state index contributed by atoms with van der Waals surface area (Å²) >= 11 is 0. The summed E-state index contributed by atoms with van der Waals surface area (Å²) in [6, 6.07) is 0.426. The number of carboxylic acids is 1. The molecule has 1 aromatic carbocycles. The lowest BCUT2D eigenvalue weighted by Gasteiger charge is -2.27. The number of amides is 2. The quantitative estimate of drug-likeness (QED) is 0.545. The van der Waals surface area contributed by atoms with E-state index in [9.17, 15) is 29.8 Å². The van der Waals surface area contributed by atoms with Crippen LogP contribution in [0.25, 0.3) is 0 Å². The smallest absolute Gasteiger partial charge is 0.326 e. The zero-order chi connectivity index (χ0) is 18.7. The van der Waals surface area contributed by atoms with Crippen LogP contribution in [0, 0.1) is 25.6 Å². The molecular weight excluding hydrogens is 324 g/mol. The molecule has 1 aromatic rings. The Morgan fingerprint density at radius 3 is 1.88 bits per heavy atom. The maximum absolute atomic E-state index is 11.9. The molecule has 0 aliphatic heterocycles. The van der Waals surface area contributed by atoms with Crippen molar-refractivity contribution in [3.8, 4) is 0 Å². The van der Waals surface area contributed by atoms with Crippen LogP contribution < -0.4 is 10.6 Å². The summed E-state index contributed by atoms with van der Waals surface area (Å²) in [7, 11) is 0. The Morgan fingerprint density at radius 2 is 1.54 bits per heavy atom. The van der Waals surface area contributed by atoms with E-state index < -0.39 is 44.7 Å². The molecule has 1 rings (SSSR count). The number of hydrogen-bond donors (Lipinski definition) is 3.